The summed E-state index contributed by atoms with van der Waals surface area (Å²) in [6.45, 7) is 0.296. The highest BCUT2D eigenvalue weighted by Gasteiger charge is 2.45. The number of pyridine rings is 2. The monoisotopic (exact) mass is 816 g/mol. The molecule has 15 heteroatoms. The molecular formula is C46H44N10O5. The fourth-order valence-corrected chi connectivity index (χ4v) is 8.64. The lowest BCUT2D eigenvalue weighted by molar-refractivity contribution is -0.136. The molecule has 5 amide bonds. The molecule has 1 saturated carbocycles. The van der Waals surface area contributed by atoms with Crippen LogP contribution >= 0.6 is 0 Å². The van der Waals surface area contributed by atoms with Gasteiger partial charge in [-0.25, -0.2) is 15.0 Å². The first-order valence-electron chi connectivity index (χ1n) is 20.5. The van der Waals surface area contributed by atoms with E-state index in [9.17, 15) is 24.0 Å². The smallest absolute Gasteiger partial charge is 0.264 e. The molecule has 0 radical (unpaired) electrons. The third kappa shape index (κ3) is 7.26. The van der Waals surface area contributed by atoms with Crippen molar-refractivity contribution in [1.29, 1.82) is 0 Å². The van der Waals surface area contributed by atoms with E-state index in [-0.39, 0.29) is 29.5 Å². The maximum absolute atomic E-state index is 13.5. The highest BCUT2D eigenvalue weighted by Crippen LogP contribution is 2.40. The second-order valence-electron chi connectivity index (χ2n) is 16.0. The standard InChI is InChI=1S/C46H44N10O5/c47-39-32(8-3-23-51-39)41-53-35-17-16-33(52-42(35)55(41)30-14-12-29(13-15-30)46(49)21-4-22-46)28-6-1-5-26(25-28)10-11-27(40(48)58)20-24-50-34-9-2-7-31-38(34)45(61)56(44(31)60)36-18-19-37(57)54-43(36)59/h1-3,5-9,12-17,23,25,27,36,50H,4,10-11,18-22,24,49H2,(H2,47,51)(H2,48,58)(H,54,57,59). The number of amides is 5. The van der Waals surface area contributed by atoms with Gasteiger partial charge >= 0.3 is 0 Å². The number of hydrogen-bond acceptors (Lipinski definition) is 11. The second kappa shape index (κ2) is 15.7. The van der Waals surface area contributed by atoms with Crippen molar-refractivity contribution in [3.05, 3.63) is 119 Å². The number of rotatable bonds is 13. The van der Waals surface area contributed by atoms with Crippen molar-refractivity contribution in [1.82, 2.24) is 29.7 Å². The number of primary amides is 1. The largest absolute Gasteiger partial charge is 0.384 e. The Labute approximate surface area is 350 Å². The lowest BCUT2D eigenvalue weighted by atomic mass is 9.73. The molecule has 3 aliphatic rings. The summed E-state index contributed by atoms with van der Waals surface area (Å²) in [5, 5.41) is 5.43. The zero-order chi connectivity index (χ0) is 42.4. The molecule has 15 nitrogen and oxygen atoms in total. The molecule has 8 N–H and O–H groups in total. The number of anilines is 2. The summed E-state index contributed by atoms with van der Waals surface area (Å²) in [6, 6.07) is 27.7. The quantitative estimate of drug-likeness (QED) is 0.0973. The summed E-state index contributed by atoms with van der Waals surface area (Å²) in [4.78, 5) is 79.1. The zero-order valence-corrected chi connectivity index (χ0v) is 33.3. The van der Waals surface area contributed by atoms with Crippen molar-refractivity contribution in [2.24, 2.45) is 17.4 Å². The Balaban J connectivity index is 0.914. The van der Waals surface area contributed by atoms with Gasteiger partial charge in [0.15, 0.2) is 11.5 Å². The van der Waals surface area contributed by atoms with Crippen LogP contribution < -0.4 is 27.8 Å². The van der Waals surface area contributed by atoms with Crippen LogP contribution in [0, 0.1) is 5.92 Å². The topological polar surface area (TPSA) is 234 Å². The molecule has 2 fully saturated rings. The van der Waals surface area contributed by atoms with Crippen molar-refractivity contribution >= 4 is 52.2 Å². The number of aromatic nitrogens is 4. The van der Waals surface area contributed by atoms with Gasteiger partial charge in [0, 0.05) is 47.6 Å². The minimum atomic E-state index is -1.07. The summed E-state index contributed by atoms with van der Waals surface area (Å²) in [5.74, 6) is -2.26. The molecule has 9 rings (SSSR count). The number of fused-ring (bicyclic) bond motifs is 2. The van der Waals surface area contributed by atoms with Gasteiger partial charge in [-0.1, -0.05) is 36.4 Å². The van der Waals surface area contributed by atoms with E-state index in [1.54, 1.807) is 18.3 Å². The van der Waals surface area contributed by atoms with Crippen molar-refractivity contribution < 1.29 is 24.0 Å². The number of piperidine rings is 1. The molecule has 1 aliphatic carbocycles. The van der Waals surface area contributed by atoms with E-state index in [4.69, 9.17) is 27.2 Å². The third-order valence-electron chi connectivity index (χ3n) is 12.2. The van der Waals surface area contributed by atoms with Crippen LogP contribution in [0.4, 0.5) is 11.5 Å². The van der Waals surface area contributed by atoms with E-state index in [1.807, 2.05) is 59.2 Å². The van der Waals surface area contributed by atoms with Gasteiger partial charge in [-0.3, -0.25) is 38.8 Å². The number of carbonyl (C=O) groups excluding carboxylic acids is 5. The number of carbonyl (C=O) groups is 5. The maximum Gasteiger partial charge on any atom is 0.264 e. The van der Waals surface area contributed by atoms with Gasteiger partial charge in [-0.15, -0.1) is 0 Å². The van der Waals surface area contributed by atoms with Crippen molar-refractivity contribution in [3.63, 3.8) is 0 Å². The van der Waals surface area contributed by atoms with Gasteiger partial charge in [0.25, 0.3) is 11.8 Å². The molecule has 5 heterocycles. The molecule has 1 saturated heterocycles. The molecule has 3 aromatic heterocycles. The normalized spacial score (nSPS) is 17.5. The number of aryl methyl sites for hydroxylation is 1. The molecule has 308 valence electrons. The Kier molecular flexibility index (Phi) is 10.1. The Hall–Kier alpha value is -7.26. The first-order chi connectivity index (χ1) is 29.5. The third-order valence-corrected chi connectivity index (χ3v) is 12.2. The van der Waals surface area contributed by atoms with Crippen molar-refractivity contribution in [2.75, 3.05) is 17.6 Å². The first kappa shape index (κ1) is 39.2. The Morgan fingerprint density at radius 3 is 2.43 bits per heavy atom. The SMILES string of the molecule is NC(=O)C(CCNc1cccc2c1C(=O)N(C1CCC(=O)NC1=O)C2=O)CCc1cccc(-c2ccc3nc(-c4cccnc4N)n(-c4ccc(C5(N)CCC5)cc4)c3n2)c1. The minimum Gasteiger partial charge on any atom is -0.384 e. The van der Waals surface area contributed by atoms with Crippen LogP contribution in [0.2, 0.25) is 0 Å². The first-order valence-corrected chi connectivity index (χ1v) is 20.5. The molecule has 3 aromatic carbocycles. The molecular weight excluding hydrogens is 773 g/mol. The lowest BCUT2D eigenvalue weighted by Crippen LogP contribution is -2.54. The van der Waals surface area contributed by atoms with Crippen molar-refractivity contribution in [2.45, 2.75) is 62.9 Å². The fraction of sp³-hybridized carbons (Fsp3) is 0.261. The van der Waals surface area contributed by atoms with Gasteiger partial charge in [0.1, 0.15) is 17.4 Å². The van der Waals surface area contributed by atoms with Gasteiger partial charge in [0.2, 0.25) is 17.7 Å². The molecule has 6 aromatic rings. The molecule has 61 heavy (non-hydrogen) atoms. The fourth-order valence-electron chi connectivity index (χ4n) is 8.64. The molecule has 2 unspecified atom stereocenters. The van der Waals surface area contributed by atoms with Gasteiger partial charge in [-0.05, 0) is 111 Å². The highest BCUT2D eigenvalue weighted by molar-refractivity contribution is 6.25. The van der Waals surface area contributed by atoms with E-state index in [0.717, 1.165) is 52.2 Å². The van der Waals surface area contributed by atoms with E-state index < -0.39 is 41.5 Å². The number of nitrogens with two attached hydrogens (primary N) is 3. The summed E-state index contributed by atoms with van der Waals surface area (Å²) in [6.07, 6.45) is 6.19. The predicted octanol–water partition coefficient (Wildman–Crippen LogP) is 5.01. The Bertz CT molecular complexity index is 2760. The number of benzene rings is 3. The number of imidazole rings is 1. The molecule has 2 aliphatic heterocycles. The summed E-state index contributed by atoms with van der Waals surface area (Å²) in [7, 11) is 0. The van der Waals surface area contributed by atoms with Crippen LogP contribution in [0.1, 0.15) is 76.8 Å². The average molecular weight is 817 g/mol. The zero-order valence-electron chi connectivity index (χ0n) is 33.3. The van der Waals surface area contributed by atoms with Crippen LogP contribution in [0.25, 0.3) is 39.5 Å². The molecule has 2 atom stereocenters. The summed E-state index contributed by atoms with van der Waals surface area (Å²) in [5.41, 5.74) is 26.0. The number of hydrogen-bond donors (Lipinski definition) is 5. The number of nitrogens with one attached hydrogen (secondary N) is 2. The van der Waals surface area contributed by atoms with Gasteiger partial charge in [-0.2, -0.15) is 0 Å². The van der Waals surface area contributed by atoms with Crippen LogP contribution in [0.3, 0.4) is 0 Å². The van der Waals surface area contributed by atoms with Crippen LogP contribution in [-0.2, 0) is 26.3 Å². The van der Waals surface area contributed by atoms with E-state index in [0.29, 0.717) is 59.9 Å². The van der Waals surface area contributed by atoms with E-state index in [2.05, 4.69) is 33.8 Å². The van der Waals surface area contributed by atoms with E-state index >= 15 is 0 Å². The second-order valence-corrected chi connectivity index (χ2v) is 16.0. The van der Waals surface area contributed by atoms with E-state index in [1.165, 1.54) is 6.07 Å². The maximum atomic E-state index is 13.5. The van der Waals surface area contributed by atoms with Gasteiger partial charge < -0.3 is 22.5 Å². The molecule has 0 bridgehead atoms. The van der Waals surface area contributed by atoms with Crippen LogP contribution in [0.15, 0.2) is 97.2 Å². The minimum absolute atomic E-state index is 0.0310. The van der Waals surface area contributed by atoms with Gasteiger partial charge in [0.05, 0.1) is 22.4 Å². The Morgan fingerprint density at radius 1 is 0.902 bits per heavy atom. The van der Waals surface area contributed by atoms with Crippen molar-refractivity contribution in [3.8, 4) is 28.3 Å². The van der Waals surface area contributed by atoms with Crippen LogP contribution in [0.5, 0.6) is 0 Å². The number of imide groups is 2. The predicted molar refractivity (Wildman–Crippen MR) is 229 cm³/mol. The van der Waals surface area contributed by atoms with Crippen LogP contribution in [-0.4, -0.2) is 66.5 Å². The molecule has 0 spiro atoms. The number of nitrogen functional groups attached to an aromatic ring is 1. The highest BCUT2D eigenvalue weighted by atomic mass is 16.2. The summed E-state index contributed by atoms with van der Waals surface area (Å²) >= 11 is 0. The average Bonchev–Trinajstić information content (AvgIpc) is 3.75. The summed E-state index contributed by atoms with van der Waals surface area (Å²) < 4.78 is 2.00. The Morgan fingerprint density at radius 2 is 1.69 bits per heavy atom. The lowest BCUT2D eigenvalue weighted by Gasteiger charge is -2.38. The number of nitrogens with zero attached hydrogens (tertiary/aromatic N) is 5.